The molecule has 5 nitrogen and oxygen atoms in total. The molecule has 0 bridgehead atoms. The van der Waals surface area contributed by atoms with E-state index in [9.17, 15) is 0 Å². The Morgan fingerprint density at radius 2 is 2.10 bits per heavy atom. The van der Waals surface area contributed by atoms with Crippen LogP contribution in [-0.2, 0) is 6.42 Å². The summed E-state index contributed by atoms with van der Waals surface area (Å²) in [6, 6.07) is 11.5. The van der Waals surface area contributed by atoms with Crippen molar-refractivity contribution in [3.05, 3.63) is 47.2 Å². The second kappa shape index (κ2) is 6.53. The maximum absolute atomic E-state index is 8.65. The molecule has 1 heterocycles. The van der Waals surface area contributed by atoms with E-state index in [1.165, 1.54) is 5.56 Å². The van der Waals surface area contributed by atoms with E-state index in [4.69, 9.17) is 10.00 Å². The standard InChI is InChI=1S/C15H16N4O/c1-11-3-5-14(20-2)12(9-11)7-8-17-15-6-4-13(10-16)18-19-15/h3-6,9H,7-8H2,1-2H3,(H,17,19). The van der Waals surface area contributed by atoms with Gasteiger partial charge in [0.15, 0.2) is 5.69 Å². The van der Waals surface area contributed by atoms with E-state index < -0.39 is 0 Å². The lowest BCUT2D eigenvalue weighted by Gasteiger charge is -2.10. The van der Waals surface area contributed by atoms with Gasteiger partial charge in [0.2, 0.25) is 0 Å². The third kappa shape index (κ3) is 3.45. The number of benzene rings is 1. The Balaban J connectivity index is 1.95. The molecule has 0 spiro atoms. The minimum atomic E-state index is 0.316. The third-order valence-corrected chi connectivity index (χ3v) is 2.92. The van der Waals surface area contributed by atoms with Crippen molar-refractivity contribution < 1.29 is 4.74 Å². The monoisotopic (exact) mass is 268 g/mol. The zero-order chi connectivity index (χ0) is 14.4. The highest BCUT2D eigenvalue weighted by atomic mass is 16.5. The molecule has 0 atom stereocenters. The van der Waals surface area contributed by atoms with Gasteiger partial charge in [-0.05, 0) is 37.1 Å². The first-order chi connectivity index (χ1) is 9.72. The Kier molecular flexibility index (Phi) is 4.51. The molecule has 0 unspecified atom stereocenters. The molecule has 2 rings (SSSR count). The molecule has 0 saturated carbocycles. The summed E-state index contributed by atoms with van der Waals surface area (Å²) in [5.74, 6) is 1.55. The van der Waals surface area contributed by atoms with Crippen LogP contribution in [0.25, 0.3) is 0 Å². The molecular weight excluding hydrogens is 252 g/mol. The van der Waals surface area contributed by atoms with E-state index in [-0.39, 0.29) is 0 Å². The molecule has 0 amide bonds. The third-order valence-electron chi connectivity index (χ3n) is 2.92. The summed E-state index contributed by atoms with van der Waals surface area (Å²) in [5.41, 5.74) is 2.68. The smallest absolute Gasteiger partial charge is 0.163 e. The van der Waals surface area contributed by atoms with E-state index in [0.29, 0.717) is 11.5 Å². The summed E-state index contributed by atoms with van der Waals surface area (Å²) in [6.07, 6.45) is 0.826. The Morgan fingerprint density at radius 3 is 2.75 bits per heavy atom. The number of hydrogen-bond acceptors (Lipinski definition) is 5. The maximum atomic E-state index is 8.65. The fourth-order valence-electron chi connectivity index (χ4n) is 1.91. The van der Waals surface area contributed by atoms with Crippen molar-refractivity contribution >= 4 is 5.82 Å². The van der Waals surface area contributed by atoms with Crippen molar-refractivity contribution in [3.63, 3.8) is 0 Å². The number of methoxy groups -OCH3 is 1. The van der Waals surface area contributed by atoms with Gasteiger partial charge in [0.1, 0.15) is 17.6 Å². The van der Waals surface area contributed by atoms with Gasteiger partial charge in [-0.1, -0.05) is 17.7 Å². The normalized spacial score (nSPS) is 9.85. The highest BCUT2D eigenvalue weighted by Crippen LogP contribution is 2.20. The Hall–Kier alpha value is -2.61. The van der Waals surface area contributed by atoms with E-state index >= 15 is 0 Å². The van der Waals surface area contributed by atoms with Gasteiger partial charge >= 0.3 is 0 Å². The lowest BCUT2D eigenvalue weighted by atomic mass is 10.1. The SMILES string of the molecule is COc1ccc(C)cc1CCNc1ccc(C#N)nn1. The van der Waals surface area contributed by atoms with Gasteiger partial charge in [-0.15, -0.1) is 10.2 Å². The zero-order valence-corrected chi connectivity index (χ0v) is 11.6. The average Bonchev–Trinajstić information content (AvgIpc) is 2.48. The lowest BCUT2D eigenvalue weighted by molar-refractivity contribution is 0.410. The minimum Gasteiger partial charge on any atom is -0.496 e. The lowest BCUT2D eigenvalue weighted by Crippen LogP contribution is -2.08. The Morgan fingerprint density at radius 1 is 1.25 bits per heavy atom. The molecule has 102 valence electrons. The number of aromatic nitrogens is 2. The highest BCUT2D eigenvalue weighted by Gasteiger charge is 2.03. The van der Waals surface area contributed by atoms with Crippen LogP contribution in [-0.4, -0.2) is 23.9 Å². The van der Waals surface area contributed by atoms with E-state index in [0.717, 1.165) is 24.3 Å². The van der Waals surface area contributed by atoms with E-state index in [2.05, 4.69) is 28.5 Å². The first-order valence-corrected chi connectivity index (χ1v) is 6.34. The number of aryl methyl sites for hydroxylation is 1. The van der Waals surface area contributed by atoms with Crippen molar-refractivity contribution in [2.75, 3.05) is 19.0 Å². The van der Waals surface area contributed by atoms with Crippen LogP contribution < -0.4 is 10.1 Å². The topological polar surface area (TPSA) is 70.8 Å². The number of nitrogens with zero attached hydrogens (tertiary/aromatic N) is 3. The van der Waals surface area contributed by atoms with Gasteiger partial charge in [0.05, 0.1) is 7.11 Å². The van der Waals surface area contributed by atoms with Crippen LogP contribution in [0, 0.1) is 18.3 Å². The van der Waals surface area contributed by atoms with Crippen LogP contribution in [0.1, 0.15) is 16.8 Å². The van der Waals surface area contributed by atoms with Crippen molar-refractivity contribution in [1.29, 1.82) is 5.26 Å². The fraction of sp³-hybridized carbons (Fsp3) is 0.267. The van der Waals surface area contributed by atoms with Crippen LogP contribution in [0.3, 0.4) is 0 Å². The molecule has 0 aliphatic heterocycles. The predicted molar refractivity (Wildman–Crippen MR) is 76.7 cm³/mol. The summed E-state index contributed by atoms with van der Waals surface area (Å²) < 4.78 is 5.34. The van der Waals surface area contributed by atoms with Crippen LogP contribution in [0.4, 0.5) is 5.82 Å². The fourth-order valence-corrected chi connectivity index (χ4v) is 1.91. The van der Waals surface area contributed by atoms with Gasteiger partial charge in [-0.2, -0.15) is 5.26 Å². The molecule has 0 radical (unpaired) electrons. The highest BCUT2D eigenvalue weighted by molar-refractivity contribution is 5.39. The number of hydrogen-bond donors (Lipinski definition) is 1. The molecule has 5 heteroatoms. The summed E-state index contributed by atoms with van der Waals surface area (Å²) in [6.45, 7) is 2.78. The predicted octanol–water partition coefficient (Wildman–Crippen LogP) is 2.32. The molecule has 0 fully saturated rings. The summed E-state index contributed by atoms with van der Waals surface area (Å²) in [5, 5.41) is 19.5. The average molecular weight is 268 g/mol. The summed E-state index contributed by atoms with van der Waals surface area (Å²) >= 11 is 0. The van der Waals surface area contributed by atoms with Gasteiger partial charge in [-0.25, -0.2) is 0 Å². The molecule has 1 aromatic heterocycles. The minimum absolute atomic E-state index is 0.316. The number of nitriles is 1. The summed E-state index contributed by atoms with van der Waals surface area (Å²) in [7, 11) is 1.67. The van der Waals surface area contributed by atoms with Crippen LogP contribution in [0.15, 0.2) is 30.3 Å². The molecule has 0 saturated heterocycles. The molecule has 0 aliphatic rings. The first-order valence-electron chi connectivity index (χ1n) is 6.34. The van der Waals surface area contributed by atoms with Crippen molar-refractivity contribution in [2.24, 2.45) is 0 Å². The molecule has 20 heavy (non-hydrogen) atoms. The maximum Gasteiger partial charge on any atom is 0.163 e. The number of nitrogens with one attached hydrogen (secondary N) is 1. The number of rotatable bonds is 5. The molecule has 2 aromatic rings. The summed E-state index contributed by atoms with van der Waals surface area (Å²) in [4.78, 5) is 0. The second-order valence-electron chi connectivity index (χ2n) is 4.41. The zero-order valence-electron chi connectivity index (χ0n) is 11.6. The Labute approximate surface area is 118 Å². The second-order valence-corrected chi connectivity index (χ2v) is 4.41. The van der Waals surface area contributed by atoms with Crippen LogP contribution in [0.2, 0.25) is 0 Å². The largest absolute Gasteiger partial charge is 0.496 e. The van der Waals surface area contributed by atoms with Gasteiger partial charge in [0, 0.05) is 6.54 Å². The molecular formula is C15H16N4O. The van der Waals surface area contributed by atoms with Crippen molar-refractivity contribution in [1.82, 2.24) is 10.2 Å². The molecule has 0 aliphatic carbocycles. The Bertz CT molecular complexity index is 617. The number of anilines is 1. The van der Waals surface area contributed by atoms with E-state index in [1.807, 2.05) is 18.2 Å². The first kappa shape index (κ1) is 13.8. The van der Waals surface area contributed by atoms with E-state index in [1.54, 1.807) is 19.2 Å². The van der Waals surface area contributed by atoms with Crippen LogP contribution >= 0.6 is 0 Å². The number of ether oxygens (including phenoxy) is 1. The van der Waals surface area contributed by atoms with Crippen molar-refractivity contribution in [2.45, 2.75) is 13.3 Å². The van der Waals surface area contributed by atoms with Gasteiger partial charge in [0.25, 0.3) is 0 Å². The quantitative estimate of drug-likeness (QED) is 0.901. The van der Waals surface area contributed by atoms with Crippen LogP contribution in [0.5, 0.6) is 5.75 Å². The molecule has 1 N–H and O–H groups in total. The van der Waals surface area contributed by atoms with Gasteiger partial charge < -0.3 is 10.1 Å². The van der Waals surface area contributed by atoms with Gasteiger partial charge in [-0.3, -0.25) is 0 Å². The van der Waals surface area contributed by atoms with Crippen molar-refractivity contribution in [3.8, 4) is 11.8 Å². The molecule has 1 aromatic carbocycles.